The van der Waals surface area contributed by atoms with Crippen LogP contribution < -0.4 is 0 Å². The standard InChI is InChI=1S/C13H24O2Si/c1-12(2,3)16(4,5)15-11-7-6-10(14)13(11)8-9-13/h11H,6-9H2,1-5H3. The molecule has 0 N–H and O–H groups in total. The molecule has 2 nitrogen and oxygen atoms in total. The maximum absolute atomic E-state index is 11.8. The number of carbonyl (C=O) groups excluding carboxylic acids is 1. The Hall–Kier alpha value is -0.153. The van der Waals surface area contributed by atoms with Gasteiger partial charge in [-0.1, -0.05) is 20.8 Å². The van der Waals surface area contributed by atoms with Gasteiger partial charge >= 0.3 is 0 Å². The minimum absolute atomic E-state index is 0.0322. The molecule has 92 valence electrons. The maximum atomic E-state index is 11.8. The largest absolute Gasteiger partial charge is 0.413 e. The van der Waals surface area contributed by atoms with Gasteiger partial charge in [-0.15, -0.1) is 0 Å². The number of ketones is 1. The van der Waals surface area contributed by atoms with Crippen LogP contribution >= 0.6 is 0 Å². The zero-order valence-corrected chi connectivity index (χ0v) is 12.2. The first-order valence-electron chi connectivity index (χ1n) is 6.40. The number of carbonyl (C=O) groups is 1. The van der Waals surface area contributed by atoms with Crippen molar-refractivity contribution >= 4 is 14.1 Å². The Labute approximate surface area is 99.9 Å². The van der Waals surface area contributed by atoms with E-state index in [-0.39, 0.29) is 16.6 Å². The fourth-order valence-corrected chi connectivity index (χ4v) is 3.81. The summed E-state index contributed by atoms with van der Waals surface area (Å²) < 4.78 is 6.43. The molecule has 0 saturated heterocycles. The van der Waals surface area contributed by atoms with Gasteiger partial charge in [0.05, 0.1) is 11.5 Å². The highest BCUT2D eigenvalue weighted by Gasteiger charge is 2.60. The fraction of sp³-hybridized carbons (Fsp3) is 0.923. The van der Waals surface area contributed by atoms with E-state index in [0.29, 0.717) is 5.78 Å². The van der Waals surface area contributed by atoms with E-state index in [1.54, 1.807) is 0 Å². The minimum atomic E-state index is -1.70. The molecular formula is C13H24O2Si. The van der Waals surface area contributed by atoms with E-state index in [1.165, 1.54) is 0 Å². The third-order valence-electron chi connectivity index (χ3n) is 4.84. The molecule has 0 aromatic rings. The van der Waals surface area contributed by atoms with Gasteiger partial charge in [0, 0.05) is 6.42 Å². The number of hydrogen-bond donors (Lipinski definition) is 0. The van der Waals surface area contributed by atoms with Gasteiger partial charge < -0.3 is 4.43 Å². The topological polar surface area (TPSA) is 26.3 Å². The average Bonchev–Trinajstić information content (AvgIpc) is 2.84. The van der Waals surface area contributed by atoms with Gasteiger partial charge in [0.2, 0.25) is 0 Å². The van der Waals surface area contributed by atoms with Crippen molar-refractivity contribution in [3.8, 4) is 0 Å². The van der Waals surface area contributed by atoms with Crippen LogP contribution in [0.5, 0.6) is 0 Å². The lowest BCUT2D eigenvalue weighted by Gasteiger charge is -2.39. The second kappa shape index (κ2) is 3.42. The van der Waals surface area contributed by atoms with Crippen molar-refractivity contribution in [2.75, 3.05) is 0 Å². The number of Topliss-reactive ketones (excluding diaryl/α,β-unsaturated/α-hetero) is 1. The lowest BCUT2D eigenvalue weighted by atomic mass is 10.0. The van der Waals surface area contributed by atoms with Crippen molar-refractivity contribution in [3.63, 3.8) is 0 Å². The molecule has 2 rings (SSSR count). The highest BCUT2D eigenvalue weighted by atomic mass is 28.4. The summed E-state index contributed by atoms with van der Waals surface area (Å²) in [4.78, 5) is 11.8. The number of hydrogen-bond acceptors (Lipinski definition) is 2. The summed E-state index contributed by atoms with van der Waals surface area (Å²) in [6.07, 6.45) is 4.10. The monoisotopic (exact) mass is 240 g/mol. The van der Waals surface area contributed by atoms with Crippen molar-refractivity contribution in [3.05, 3.63) is 0 Å². The van der Waals surface area contributed by atoms with E-state index in [0.717, 1.165) is 25.7 Å². The first-order chi connectivity index (χ1) is 7.19. The highest BCUT2D eigenvalue weighted by molar-refractivity contribution is 6.74. The molecule has 1 atom stereocenters. The molecule has 0 heterocycles. The van der Waals surface area contributed by atoms with Crippen LogP contribution in [0.4, 0.5) is 0 Å². The van der Waals surface area contributed by atoms with Gasteiger partial charge in [0.15, 0.2) is 8.32 Å². The molecular weight excluding hydrogens is 216 g/mol. The maximum Gasteiger partial charge on any atom is 0.192 e. The molecule has 2 saturated carbocycles. The van der Waals surface area contributed by atoms with Crippen LogP contribution in [0, 0.1) is 5.41 Å². The van der Waals surface area contributed by atoms with E-state index in [4.69, 9.17) is 4.43 Å². The highest BCUT2D eigenvalue weighted by Crippen LogP contribution is 2.58. The Morgan fingerprint density at radius 2 is 1.88 bits per heavy atom. The van der Waals surface area contributed by atoms with Gasteiger partial charge in [-0.05, 0) is 37.4 Å². The molecule has 0 aromatic heterocycles. The Bertz CT molecular complexity index is 310. The van der Waals surface area contributed by atoms with Crippen LogP contribution in [-0.4, -0.2) is 20.2 Å². The molecule has 1 spiro atoms. The van der Waals surface area contributed by atoms with E-state index in [1.807, 2.05) is 0 Å². The van der Waals surface area contributed by atoms with Crippen LogP contribution in [0.1, 0.15) is 46.5 Å². The van der Waals surface area contributed by atoms with Crippen LogP contribution in [0.15, 0.2) is 0 Å². The summed E-state index contributed by atoms with van der Waals surface area (Å²) in [5, 5.41) is 0.245. The molecule has 2 aliphatic carbocycles. The first-order valence-corrected chi connectivity index (χ1v) is 9.31. The second-order valence-electron chi connectivity index (χ2n) is 6.98. The Balaban J connectivity index is 2.09. The zero-order chi connectivity index (χ0) is 12.2. The first kappa shape index (κ1) is 12.3. The molecule has 1 unspecified atom stereocenters. The minimum Gasteiger partial charge on any atom is -0.413 e. The normalized spacial score (nSPS) is 28.8. The molecule has 0 aromatic carbocycles. The van der Waals surface area contributed by atoms with E-state index >= 15 is 0 Å². The van der Waals surface area contributed by atoms with Gasteiger partial charge in [0.25, 0.3) is 0 Å². The SMILES string of the molecule is CC(C)(C)[Si](C)(C)OC1CCC(=O)C12CC2. The summed E-state index contributed by atoms with van der Waals surface area (Å²) in [5.41, 5.74) is -0.0322. The van der Waals surface area contributed by atoms with Crippen molar-refractivity contribution < 1.29 is 9.22 Å². The fourth-order valence-electron chi connectivity index (χ4n) is 2.41. The van der Waals surface area contributed by atoms with Crippen molar-refractivity contribution in [1.82, 2.24) is 0 Å². The van der Waals surface area contributed by atoms with E-state index in [9.17, 15) is 4.79 Å². The van der Waals surface area contributed by atoms with Gasteiger partial charge in [-0.3, -0.25) is 4.79 Å². The predicted octanol–water partition coefficient (Wildman–Crippen LogP) is 3.52. The molecule has 2 fully saturated rings. The van der Waals surface area contributed by atoms with Crippen LogP contribution in [0.25, 0.3) is 0 Å². The lowest BCUT2D eigenvalue weighted by molar-refractivity contribution is -0.123. The quantitative estimate of drug-likeness (QED) is 0.690. The van der Waals surface area contributed by atoms with Crippen molar-refractivity contribution in [2.24, 2.45) is 5.41 Å². The van der Waals surface area contributed by atoms with E-state index in [2.05, 4.69) is 33.9 Å². The molecule has 3 heteroatoms. The Kier molecular flexibility index (Phi) is 2.63. The molecule has 0 amide bonds. The van der Waals surface area contributed by atoms with Gasteiger partial charge in [-0.25, -0.2) is 0 Å². The molecule has 0 radical (unpaired) electrons. The Morgan fingerprint density at radius 1 is 1.31 bits per heavy atom. The smallest absolute Gasteiger partial charge is 0.192 e. The predicted molar refractivity (Wildman–Crippen MR) is 68.0 cm³/mol. The summed E-state index contributed by atoms with van der Waals surface area (Å²) in [6, 6.07) is 0. The summed E-state index contributed by atoms with van der Waals surface area (Å²) >= 11 is 0. The van der Waals surface area contributed by atoms with Gasteiger partial charge in [-0.2, -0.15) is 0 Å². The van der Waals surface area contributed by atoms with Crippen LogP contribution in [-0.2, 0) is 9.22 Å². The number of rotatable bonds is 2. The Morgan fingerprint density at radius 3 is 2.31 bits per heavy atom. The van der Waals surface area contributed by atoms with E-state index < -0.39 is 8.32 Å². The molecule has 2 aliphatic rings. The van der Waals surface area contributed by atoms with Crippen LogP contribution in [0.2, 0.25) is 18.1 Å². The average molecular weight is 240 g/mol. The van der Waals surface area contributed by atoms with Gasteiger partial charge in [0.1, 0.15) is 5.78 Å². The van der Waals surface area contributed by atoms with Crippen LogP contribution in [0.3, 0.4) is 0 Å². The third kappa shape index (κ3) is 1.78. The van der Waals surface area contributed by atoms with Crippen molar-refractivity contribution in [1.29, 1.82) is 0 Å². The molecule has 0 aliphatic heterocycles. The zero-order valence-electron chi connectivity index (χ0n) is 11.2. The third-order valence-corrected chi connectivity index (χ3v) is 9.32. The summed E-state index contributed by atoms with van der Waals surface area (Å²) in [6.45, 7) is 11.3. The second-order valence-corrected chi connectivity index (χ2v) is 11.7. The lowest BCUT2D eigenvalue weighted by Crippen LogP contribution is -2.45. The summed E-state index contributed by atoms with van der Waals surface area (Å²) in [7, 11) is -1.70. The summed E-state index contributed by atoms with van der Waals surface area (Å²) in [5.74, 6) is 0.469. The molecule has 16 heavy (non-hydrogen) atoms. The molecule has 0 bridgehead atoms. The van der Waals surface area contributed by atoms with Crippen molar-refractivity contribution in [2.45, 2.75) is 70.7 Å².